The van der Waals surface area contributed by atoms with Crippen molar-refractivity contribution in [2.45, 2.75) is 39.5 Å². The van der Waals surface area contributed by atoms with Crippen LogP contribution in [-0.4, -0.2) is 37.0 Å². The monoisotopic (exact) mass is 552 g/mol. The smallest absolute Gasteiger partial charge is 0.338 e. The van der Waals surface area contributed by atoms with Crippen molar-refractivity contribution in [2.24, 2.45) is 0 Å². The summed E-state index contributed by atoms with van der Waals surface area (Å²) in [7, 11) is 0. The Morgan fingerprint density at radius 1 is 0.941 bits per heavy atom. The van der Waals surface area contributed by atoms with Crippen LogP contribution in [0.15, 0.2) is 40.9 Å². The Morgan fingerprint density at radius 3 is 2.32 bits per heavy atom. The van der Waals surface area contributed by atoms with Crippen molar-refractivity contribution in [2.75, 3.05) is 23.8 Å². The van der Waals surface area contributed by atoms with Gasteiger partial charge in [-0.3, -0.25) is 14.4 Å². The zero-order valence-corrected chi connectivity index (χ0v) is 21.3. The van der Waals surface area contributed by atoms with Gasteiger partial charge in [0.1, 0.15) is 0 Å². The number of amides is 2. The number of ether oxygens (including phenoxy) is 2. The lowest BCUT2D eigenvalue weighted by Crippen LogP contribution is -2.21. The van der Waals surface area contributed by atoms with Crippen molar-refractivity contribution >= 4 is 62.7 Å². The van der Waals surface area contributed by atoms with Gasteiger partial charge >= 0.3 is 11.9 Å². The lowest BCUT2D eigenvalue weighted by atomic mass is 10.2. The summed E-state index contributed by atoms with van der Waals surface area (Å²) in [6.07, 6.45) is 1.08. The Bertz CT molecular complexity index is 1040. The van der Waals surface area contributed by atoms with Gasteiger partial charge in [0.2, 0.25) is 5.91 Å². The minimum Gasteiger partial charge on any atom is -0.462 e. The maximum absolute atomic E-state index is 12.1. The van der Waals surface area contributed by atoms with Crippen LogP contribution in [0.2, 0.25) is 5.02 Å². The van der Waals surface area contributed by atoms with Crippen LogP contribution in [0.4, 0.5) is 11.4 Å². The quantitative estimate of drug-likeness (QED) is 0.367. The zero-order chi connectivity index (χ0) is 25.1. The van der Waals surface area contributed by atoms with E-state index in [4.69, 9.17) is 21.1 Å². The van der Waals surface area contributed by atoms with Crippen molar-refractivity contribution in [1.29, 1.82) is 0 Å². The summed E-state index contributed by atoms with van der Waals surface area (Å²) < 4.78 is 10.7. The van der Waals surface area contributed by atoms with Crippen LogP contribution in [0.25, 0.3) is 0 Å². The summed E-state index contributed by atoms with van der Waals surface area (Å²) in [5.74, 6) is -1.77. The molecular weight excluding hydrogens is 528 g/mol. The van der Waals surface area contributed by atoms with E-state index in [0.717, 1.165) is 6.42 Å². The molecule has 34 heavy (non-hydrogen) atoms. The molecule has 0 radical (unpaired) electrons. The van der Waals surface area contributed by atoms with Gasteiger partial charge in [-0.05, 0) is 77.7 Å². The van der Waals surface area contributed by atoms with E-state index in [2.05, 4.69) is 26.6 Å². The molecule has 0 aliphatic rings. The van der Waals surface area contributed by atoms with Gasteiger partial charge in [0.25, 0.3) is 5.91 Å². The molecular formula is C24H26BrClN2O6. The molecule has 0 aliphatic heterocycles. The van der Waals surface area contributed by atoms with Crippen molar-refractivity contribution in [3.63, 3.8) is 0 Å². The van der Waals surface area contributed by atoms with Gasteiger partial charge < -0.3 is 20.1 Å². The molecule has 0 atom stereocenters. The second-order valence-electron chi connectivity index (χ2n) is 7.36. The highest BCUT2D eigenvalue weighted by Gasteiger charge is 2.13. The summed E-state index contributed by atoms with van der Waals surface area (Å²) >= 11 is 9.43. The molecule has 0 saturated carbocycles. The lowest BCUT2D eigenvalue weighted by molar-refractivity contribution is -0.147. The van der Waals surface area contributed by atoms with E-state index in [9.17, 15) is 19.2 Å². The minimum absolute atomic E-state index is 0.00789. The number of nitrogens with one attached hydrogen (secondary N) is 2. The second-order valence-corrected chi connectivity index (χ2v) is 8.59. The first kappa shape index (κ1) is 27.3. The van der Waals surface area contributed by atoms with Gasteiger partial charge in [-0.25, -0.2) is 4.79 Å². The van der Waals surface area contributed by atoms with Crippen molar-refractivity contribution < 1.29 is 28.7 Å². The van der Waals surface area contributed by atoms with Crippen LogP contribution in [-0.2, 0) is 23.9 Å². The molecule has 0 bridgehead atoms. The van der Waals surface area contributed by atoms with Gasteiger partial charge in [-0.2, -0.15) is 0 Å². The van der Waals surface area contributed by atoms with Gasteiger partial charge in [0, 0.05) is 28.7 Å². The fourth-order valence-electron chi connectivity index (χ4n) is 2.78. The maximum atomic E-state index is 12.1. The number of benzene rings is 2. The number of rotatable bonds is 11. The Labute approximate surface area is 211 Å². The Hall–Kier alpha value is -2.91. The molecule has 8 nitrogen and oxygen atoms in total. The number of hydrogen-bond acceptors (Lipinski definition) is 6. The van der Waals surface area contributed by atoms with Gasteiger partial charge in [0.05, 0.1) is 17.2 Å². The SMILES string of the molecule is CCCOC(=O)c1ccc(NC(=O)CCCC(=O)OCC(=O)Nc2ccc(Br)c(Cl)c2C)cc1. The third kappa shape index (κ3) is 8.79. The molecule has 2 amide bonds. The Balaban J connectivity index is 1.67. The van der Waals surface area contributed by atoms with Crippen LogP contribution >= 0.6 is 27.5 Å². The number of carbonyl (C=O) groups excluding carboxylic acids is 4. The number of halogens is 2. The van der Waals surface area contributed by atoms with Crippen LogP contribution in [0, 0.1) is 6.92 Å². The van der Waals surface area contributed by atoms with Crippen LogP contribution in [0.5, 0.6) is 0 Å². The number of hydrogen-bond donors (Lipinski definition) is 2. The molecule has 0 aliphatic carbocycles. The van der Waals surface area contributed by atoms with E-state index >= 15 is 0 Å². The molecule has 0 saturated heterocycles. The summed E-state index contributed by atoms with van der Waals surface area (Å²) in [4.78, 5) is 47.8. The first-order valence-corrected chi connectivity index (χ1v) is 11.9. The normalized spacial score (nSPS) is 10.4. The van der Waals surface area contributed by atoms with Crippen LogP contribution < -0.4 is 10.6 Å². The summed E-state index contributed by atoms with van der Waals surface area (Å²) in [5, 5.41) is 5.82. The highest BCUT2D eigenvalue weighted by Crippen LogP contribution is 2.30. The highest BCUT2D eigenvalue weighted by molar-refractivity contribution is 9.10. The molecule has 0 heterocycles. The van der Waals surface area contributed by atoms with E-state index in [1.807, 2.05) is 6.92 Å². The molecule has 2 rings (SSSR count). The van der Waals surface area contributed by atoms with Gasteiger partial charge in [0.15, 0.2) is 6.61 Å². The number of carbonyl (C=O) groups is 4. The van der Waals surface area contributed by atoms with Crippen LogP contribution in [0.3, 0.4) is 0 Å². The van der Waals surface area contributed by atoms with E-state index in [0.29, 0.717) is 38.6 Å². The first-order valence-electron chi connectivity index (χ1n) is 10.7. The summed E-state index contributed by atoms with van der Waals surface area (Å²) in [6, 6.07) is 9.74. The largest absolute Gasteiger partial charge is 0.462 e. The topological polar surface area (TPSA) is 111 Å². The minimum atomic E-state index is -0.580. The number of esters is 2. The number of anilines is 2. The Morgan fingerprint density at radius 2 is 1.65 bits per heavy atom. The fourth-order valence-corrected chi connectivity index (χ4v) is 3.37. The van der Waals surface area contributed by atoms with Crippen LogP contribution in [0.1, 0.15) is 48.5 Å². The van der Waals surface area contributed by atoms with Gasteiger partial charge in [-0.1, -0.05) is 18.5 Å². The van der Waals surface area contributed by atoms with Crippen molar-refractivity contribution in [3.8, 4) is 0 Å². The van der Waals surface area contributed by atoms with E-state index in [1.54, 1.807) is 43.3 Å². The molecule has 10 heteroatoms. The Kier molecular flexibility index (Phi) is 11.0. The molecule has 0 unspecified atom stereocenters. The predicted octanol–water partition coefficient (Wildman–Crippen LogP) is 5.27. The van der Waals surface area contributed by atoms with Crippen molar-refractivity contribution in [1.82, 2.24) is 0 Å². The van der Waals surface area contributed by atoms with E-state index in [1.165, 1.54) is 0 Å². The zero-order valence-electron chi connectivity index (χ0n) is 18.9. The molecule has 2 aromatic carbocycles. The van der Waals surface area contributed by atoms with E-state index < -0.39 is 24.5 Å². The molecule has 0 aromatic heterocycles. The molecule has 182 valence electrons. The lowest BCUT2D eigenvalue weighted by Gasteiger charge is -2.11. The van der Waals surface area contributed by atoms with Gasteiger partial charge in [-0.15, -0.1) is 0 Å². The summed E-state index contributed by atoms with van der Waals surface area (Å²) in [5.41, 5.74) is 2.14. The fraction of sp³-hybridized carbons (Fsp3) is 0.333. The molecule has 2 N–H and O–H groups in total. The maximum Gasteiger partial charge on any atom is 0.338 e. The highest BCUT2D eigenvalue weighted by atomic mass is 79.9. The van der Waals surface area contributed by atoms with E-state index in [-0.39, 0.29) is 25.2 Å². The average Bonchev–Trinajstić information content (AvgIpc) is 2.82. The standard InChI is InChI=1S/C24H26BrClN2O6/c1-3-13-33-24(32)16-7-9-17(10-8-16)27-20(29)5-4-6-22(31)34-14-21(30)28-19-12-11-18(25)23(26)15(19)2/h7-12H,3-6,13-14H2,1-2H3,(H,27,29)(H,28,30). The molecule has 0 fully saturated rings. The predicted molar refractivity (Wildman–Crippen MR) is 133 cm³/mol. The van der Waals surface area contributed by atoms with Crippen molar-refractivity contribution in [3.05, 3.63) is 57.0 Å². The summed E-state index contributed by atoms with van der Waals surface area (Å²) in [6.45, 7) is 3.58. The average molecular weight is 554 g/mol. The first-order chi connectivity index (χ1) is 16.2. The second kappa shape index (κ2) is 13.7. The third-order valence-electron chi connectivity index (χ3n) is 4.60. The molecule has 0 spiro atoms. The third-order valence-corrected chi connectivity index (χ3v) is 5.98. The molecule has 2 aromatic rings.